The minimum atomic E-state index is 0. The van der Waals surface area contributed by atoms with Crippen molar-refractivity contribution in [2.45, 2.75) is 13.1 Å². The van der Waals surface area contributed by atoms with E-state index in [2.05, 4.69) is 63.0 Å². The van der Waals surface area contributed by atoms with Crippen LogP contribution in [0.4, 0.5) is 11.6 Å². The number of anilines is 2. The number of hydrogen-bond acceptors (Lipinski definition) is 2. The molecule has 0 bridgehead atoms. The van der Waals surface area contributed by atoms with E-state index in [1.807, 2.05) is 12.3 Å². The first-order valence-corrected chi connectivity index (χ1v) is 5.77. The Labute approximate surface area is 131 Å². The summed E-state index contributed by atoms with van der Waals surface area (Å²) in [5.41, 5.74) is 3.48. The van der Waals surface area contributed by atoms with Crippen LogP contribution in [0.2, 0.25) is 0 Å². The van der Waals surface area contributed by atoms with E-state index in [1.54, 1.807) is 0 Å². The van der Waals surface area contributed by atoms with Gasteiger partial charge < -0.3 is 4.57 Å². The average Bonchev–Trinajstić information content (AvgIpc) is 2.88. The molecule has 4 heterocycles. The van der Waals surface area contributed by atoms with Gasteiger partial charge in [-0.15, -0.1) is 4.68 Å². The van der Waals surface area contributed by atoms with E-state index in [4.69, 9.17) is 0 Å². The van der Waals surface area contributed by atoms with Gasteiger partial charge >= 0.3 is 0 Å². The summed E-state index contributed by atoms with van der Waals surface area (Å²) in [7, 11) is 0. The number of pyridine rings is 2. The first kappa shape index (κ1) is 11.9. The molecule has 4 rings (SSSR count). The van der Waals surface area contributed by atoms with Crippen LogP contribution in [-0.4, -0.2) is 6.17 Å². The quantitative estimate of drug-likeness (QED) is 0.571. The summed E-state index contributed by atoms with van der Waals surface area (Å²) < 4.78 is 4.30. The van der Waals surface area contributed by atoms with Crippen molar-refractivity contribution in [3.63, 3.8) is 0 Å². The van der Waals surface area contributed by atoms with Gasteiger partial charge in [0.15, 0.2) is 5.82 Å². The molecule has 1 radical (unpaired) electrons. The number of fused-ring (bicyclic) bond motifs is 5. The van der Waals surface area contributed by atoms with Crippen LogP contribution >= 0.6 is 0 Å². The predicted octanol–water partition coefficient (Wildman–Crippen LogP) is 0.694. The maximum Gasteiger partial charge on any atom is 0.297 e. The molecule has 1 atom stereocenters. The Hall–Kier alpha value is -1.13. The third-order valence-corrected chi connectivity index (χ3v) is 3.47. The predicted molar refractivity (Wildman–Crippen MR) is 62.9 cm³/mol. The second kappa shape index (κ2) is 4.21. The first-order chi connectivity index (χ1) is 8.36. The van der Waals surface area contributed by atoms with Gasteiger partial charge in [-0.2, -0.15) is 0 Å². The molecule has 87 valence electrons. The Balaban J connectivity index is 0.000001000. The Bertz CT molecular complexity index is 601. The number of aromatic nitrogens is 2. The molecule has 0 unspecified atom stereocenters. The molecule has 0 saturated heterocycles. The van der Waals surface area contributed by atoms with E-state index in [-0.39, 0.29) is 38.9 Å². The largest absolute Gasteiger partial charge is 0.360 e. The Morgan fingerprint density at radius 1 is 1.11 bits per heavy atom. The molecule has 0 spiro atoms. The van der Waals surface area contributed by atoms with Gasteiger partial charge in [0.25, 0.3) is 5.82 Å². The first-order valence-electron chi connectivity index (χ1n) is 5.77. The van der Waals surface area contributed by atoms with E-state index in [9.17, 15) is 0 Å². The molecule has 0 aromatic carbocycles. The zero-order valence-corrected chi connectivity index (χ0v) is 13.0. The standard InChI is InChI=1S/C13H13N4.Y/c1-10-13-14-16-9-5-3-7-12(16)17(13)11-6-2-4-8-15(10)11;/h2-9,13-14H,1H3;/q+1;/t13-;/m0./s1. The zero-order chi connectivity index (χ0) is 11.4. The van der Waals surface area contributed by atoms with Gasteiger partial charge in [-0.25, -0.2) is 10.3 Å². The van der Waals surface area contributed by atoms with Crippen LogP contribution in [0.3, 0.4) is 0 Å². The number of nitrogens with one attached hydrogen (secondary N) is 1. The summed E-state index contributed by atoms with van der Waals surface area (Å²) in [4.78, 5) is 2.31. The molecule has 0 amide bonds. The van der Waals surface area contributed by atoms with Crippen LogP contribution in [0, 0.1) is 6.04 Å². The summed E-state index contributed by atoms with van der Waals surface area (Å²) in [6.45, 7) is 2.16. The van der Waals surface area contributed by atoms with Crippen LogP contribution < -0.4 is 19.6 Å². The van der Waals surface area contributed by atoms with Crippen LogP contribution in [0.15, 0.2) is 48.8 Å². The molecule has 1 N–H and O–H groups in total. The van der Waals surface area contributed by atoms with E-state index in [1.165, 1.54) is 17.7 Å². The van der Waals surface area contributed by atoms with Gasteiger partial charge in [0, 0.05) is 44.8 Å². The molecule has 18 heavy (non-hydrogen) atoms. The summed E-state index contributed by atoms with van der Waals surface area (Å²) in [6.07, 6.45) is 4.38. The zero-order valence-electron chi connectivity index (χ0n) is 10.1. The van der Waals surface area contributed by atoms with Crippen LogP contribution in [0.5, 0.6) is 0 Å². The van der Waals surface area contributed by atoms with Gasteiger partial charge in [0.05, 0.1) is 0 Å². The van der Waals surface area contributed by atoms with Crippen LogP contribution in [-0.2, 0) is 32.7 Å². The Kier molecular flexibility index (Phi) is 2.79. The molecule has 2 aromatic rings. The third-order valence-electron chi connectivity index (χ3n) is 3.47. The molecule has 5 heteroatoms. The van der Waals surface area contributed by atoms with Crippen molar-refractivity contribution in [2.75, 3.05) is 10.3 Å². The monoisotopic (exact) mass is 314 g/mol. The summed E-state index contributed by atoms with van der Waals surface area (Å²) >= 11 is 0. The SMILES string of the molecule is C[C-]1[C@H]2N[n+]3ccccc3N2c2cccc[n+]21.[Y]. The molecule has 0 fully saturated rings. The van der Waals surface area contributed by atoms with E-state index in [0.717, 1.165) is 0 Å². The molecule has 2 aromatic heterocycles. The van der Waals surface area contributed by atoms with E-state index < -0.39 is 0 Å². The molecular weight excluding hydrogens is 301 g/mol. The molecule has 2 aliphatic heterocycles. The fourth-order valence-corrected chi connectivity index (χ4v) is 2.65. The van der Waals surface area contributed by atoms with E-state index in [0.29, 0.717) is 0 Å². The van der Waals surface area contributed by atoms with Crippen molar-refractivity contribution < 1.29 is 42.0 Å². The summed E-state index contributed by atoms with van der Waals surface area (Å²) in [5.74, 6) is 2.38. The van der Waals surface area contributed by atoms with Crippen LogP contribution in [0.1, 0.15) is 6.92 Å². The second-order valence-electron chi connectivity index (χ2n) is 4.40. The average molecular weight is 314 g/mol. The second-order valence-corrected chi connectivity index (χ2v) is 4.40. The molecule has 2 aliphatic rings. The van der Waals surface area contributed by atoms with Crippen molar-refractivity contribution in [3.8, 4) is 0 Å². The molecule has 0 saturated carbocycles. The van der Waals surface area contributed by atoms with Gasteiger partial charge in [-0.1, -0.05) is 18.2 Å². The number of rotatable bonds is 0. The Morgan fingerprint density at radius 2 is 1.83 bits per heavy atom. The smallest absolute Gasteiger partial charge is 0.297 e. The van der Waals surface area contributed by atoms with Crippen molar-refractivity contribution in [1.29, 1.82) is 0 Å². The van der Waals surface area contributed by atoms with Gasteiger partial charge in [-0.3, -0.25) is 0 Å². The fraction of sp³-hybridized carbons (Fsp3) is 0.154. The van der Waals surface area contributed by atoms with Crippen molar-refractivity contribution in [2.24, 2.45) is 0 Å². The maximum absolute atomic E-state index is 3.48. The molecular formula is C13H13N4Y+. The topological polar surface area (TPSA) is 23.0 Å². The fourth-order valence-electron chi connectivity index (χ4n) is 2.65. The Morgan fingerprint density at radius 3 is 2.67 bits per heavy atom. The van der Waals surface area contributed by atoms with E-state index >= 15 is 0 Å². The maximum atomic E-state index is 3.48. The van der Waals surface area contributed by atoms with Crippen molar-refractivity contribution in [1.82, 2.24) is 0 Å². The van der Waals surface area contributed by atoms with Gasteiger partial charge in [-0.05, 0) is 25.3 Å². The minimum Gasteiger partial charge on any atom is -0.360 e. The van der Waals surface area contributed by atoms with Gasteiger partial charge in [0.1, 0.15) is 6.20 Å². The van der Waals surface area contributed by atoms with Crippen LogP contribution in [0.25, 0.3) is 0 Å². The van der Waals surface area contributed by atoms with Gasteiger partial charge in [0.2, 0.25) is 6.17 Å². The normalized spacial score (nSPS) is 18.6. The minimum absolute atomic E-state index is 0. The number of hydrogen-bond donors (Lipinski definition) is 1. The molecule has 4 nitrogen and oxygen atoms in total. The third kappa shape index (κ3) is 1.42. The summed E-state index contributed by atoms with van der Waals surface area (Å²) in [6, 6.07) is 13.8. The molecule has 0 aliphatic carbocycles. The van der Waals surface area contributed by atoms with Crippen molar-refractivity contribution >= 4 is 11.6 Å². The number of nitrogens with zero attached hydrogens (tertiary/aromatic N) is 3. The summed E-state index contributed by atoms with van der Waals surface area (Å²) in [5, 5.41) is 0. The van der Waals surface area contributed by atoms with Crippen molar-refractivity contribution in [3.05, 3.63) is 54.8 Å².